The van der Waals surface area contributed by atoms with Gasteiger partial charge >= 0.3 is 0 Å². The average Bonchev–Trinajstić information content (AvgIpc) is 2.81. The lowest BCUT2D eigenvalue weighted by Gasteiger charge is -2.07. The van der Waals surface area contributed by atoms with Gasteiger partial charge in [-0.3, -0.25) is 4.98 Å². The number of hydrogen-bond acceptors (Lipinski definition) is 4. The normalized spacial score (nSPS) is 10.6. The molecule has 18 heavy (non-hydrogen) atoms. The van der Waals surface area contributed by atoms with Crippen molar-refractivity contribution in [3.8, 4) is 5.75 Å². The van der Waals surface area contributed by atoms with Gasteiger partial charge in [0.25, 0.3) is 0 Å². The Labute approximate surface area is 107 Å². The lowest BCUT2D eigenvalue weighted by molar-refractivity contribution is 0.290. The number of nitrogens with one attached hydrogen (secondary N) is 1. The van der Waals surface area contributed by atoms with Crippen molar-refractivity contribution in [2.24, 2.45) is 7.05 Å². The fourth-order valence-corrected chi connectivity index (χ4v) is 1.54. The zero-order valence-corrected chi connectivity index (χ0v) is 10.8. The minimum Gasteiger partial charge on any atom is -0.484 e. The first-order valence-corrected chi connectivity index (χ1v) is 6.04. The molecule has 0 aromatic carbocycles. The van der Waals surface area contributed by atoms with E-state index >= 15 is 0 Å². The van der Waals surface area contributed by atoms with Gasteiger partial charge < -0.3 is 14.6 Å². The van der Waals surface area contributed by atoms with Crippen LogP contribution < -0.4 is 10.1 Å². The predicted octanol–water partition coefficient (Wildman–Crippen LogP) is 1.50. The first-order valence-electron chi connectivity index (χ1n) is 6.04. The van der Waals surface area contributed by atoms with Crippen LogP contribution in [0.3, 0.4) is 0 Å². The van der Waals surface area contributed by atoms with E-state index in [4.69, 9.17) is 4.74 Å². The van der Waals surface area contributed by atoms with Crippen LogP contribution in [-0.2, 0) is 20.2 Å². The van der Waals surface area contributed by atoms with Crippen LogP contribution in [-0.4, -0.2) is 21.1 Å². The number of hydrogen-bond donors (Lipinski definition) is 1. The lowest BCUT2D eigenvalue weighted by atomic mass is 10.3. The molecule has 5 heteroatoms. The highest BCUT2D eigenvalue weighted by molar-refractivity contribution is 5.20. The molecule has 1 N–H and O–H groups in total. The van der Waals surface area contributed by atoms with E-state index in [1.807, 2.05) is 29.9 Å². The molecule has 0 aliphatic rings. The zero-order chi connectivity index (χ0) is 12.8. The molecule has 5 nitrogen and oxygen atoms in total. The summed E-state index contributed by atoms with van der Waals surface area (Å²) in [5.41, 5.74) is 1.01. The number of nitrogens with zero attached hydrogens (tertiary/aromatic N) is 3. The number of pyridine rings is 1. The van der Waals surface area contributed by atoms with Crippen LogP contribution in [0.1, 0.15) is 18.4 Å². The van der Waals surface area contributed by atoms with Crippen molar-refractivity contribution in [3.63, 3.8) is 0 Å². The number of imidazole rings is 1. The maximum Gasteiger partial charge on any atom is 0.146 e. The van der Waals surface area contributed by atoms with Gasteiger partial charge in [0.2, 0.25) is 0 Å². The Kier molecular flexibility index (Phi) is 4.30. The summed E-state index contributed by atoms with van der Waals surface area (Å²) in [5, 5.41) is 3.23. The highest BCUT2D eigenvalue weighted by Crippen LogP contribution is 2.11. The average molecular weight is 246 g/mol. The summed E-state index contributed by atoms with van der Waals surface area (Å²) < 4.78 is 7.56. The van der Waals surface area contributed by atoms with E-state index in [-0.39, 0.29) is 0 Å². The van der Waals surface area contributed by atoms with Crippen LogP contribution in [0.15, 0.2) is 30.7 Å². The second kappa shape index (κ2) is 6.16. The van der Waals surface area contributed by atoms with Gasteiger partial charge in [-0.2, -0.15) is 0 Å². The van der Waals surface area contributed by atoms with Gasteiger partial charge in [-0.05, 0) is 18.7 Å². The van der Waals surface area contributed by atoms with Crippen LogP contribution in [0.25, 0.3) is 0 Å². The first-order chi connectivity index (χ1) is 8.79. The zero-order valence-electron chi connectivity index (χ0n) is 10.8. The number of ether oxygens (including phenoxy) is 1. The number of aryl methyl sites for hydroxylation is 1. The molecular formula is C13H18N4O. The maximum atomic E-state index is 5.62. The van der Waals surface area contributed by atoms with Crippen LogP contribution in [0, 0.1) is 0 Å². The first kappa shape index (κ1) is 12.6. The van der Waals surface area contributed by atoms with Crippen molar-refractivity contribution >= 4 is 0 Å². The second-order valence-corrected chi connectivity index (χ2v) is 4.01. The molecule has 0 aliphatic heterocycles. The SMILES string of the molecule is CCNCc1ccc(OCc2nccn2C)cn1. The van der Waals surface area contributed by atoms with Gasteiger partial charge in [0.05, 0.1) is 11.9 Å². The van der Waals surface area contributed by atoms with E-state index < -0.39 is 0 Å². The molecule has 0 bridgehead atoms. The second-order valence-electron chi connectivity index (χ2n) is 4.01. The van der Waals surface area contributed by atoms with Gasteiger partial charge in [0.1, 0.15) is 18.2 Å². The summed E-state index contributed by atoms with van der Waals surface area (Å²) in [6.45, 7) is 4.26. The van der Waals surface area contributed by atoms with E-state index in [2.05, 4.69) is 22.2 Å². The Bertz CT molecular complexity index is 478. The Morgan fingerprint density at radius 2 is 2.22 bits per heavy atom. The van der Waals surface area contributed by atoms with E-state index in [0.717, 1.165) is 30.4 Å². The molecule has 96 valence electrons. The largest absolute Gasteiger partial charge is 0.484 e. The molecule has 0 unspecified atom stereocenters. The molecule has 0 fully saturated rings. The monoisotopic (exact) mass is 246 g/mol. The van der Waals surface area contributed by atoms with Gasteiger partial charge in [-0.1, -0.05) is 6.92 Å². The molecule has 0 saturated carbocycles. The molecule has 0 amide bonds. The van der Waals surface area contributed by atoms with Crippen molar-refractivity contribution < 1.29 is 4.74 Å². The fourth-order valence-electron chi connectivity index (χ4n) is 1.54. The quantitative estimate of drug-likeness (QED) is 0.839. The molecule has 2 heterocycles. The van der Waals surface area contributed by atoms with Crippen LogP contribution in [0.5, 0.6) is 5.75 Å². The summed E-state index contributed by atoms with van der Waals surface area (Å²) in [6.07, 6.45) is 5.41. The molecule has 2 aromatic rings. The predicted molar refractivity (Wildman–Crippen MR) is 69.2 cm³/mol. The Balaban J connectivity index is 1.88. The topological polar surface area (TPSA) is 52.0 Å². The highest BCUT2D eigenvalue weighted by Gasteiger charge is 2.01. The van der Waals surface area contributed by atoms with E-state index in [9.17, 15) is 0 Å². The smallest absolute Gasteiger partial charge is 0.146 e. The molecule has 0 radical (unpaired) electrons. The van der Waals surface area contributed by atoms with Crippen molar-refractivity contribution in [1.82, 2.24) is 19.9 Å². The summed E-state index contributed by atoms with van der Waals surface area (Å²) >= 11 is 0. The van der Waals surface area contributed by atoms with Crippen molar-refractivity contribution in [2.75, 3.05) is 6.54 Å². The summed E-state index contributed by atoms with van der Waals surface area (Å²) in [7, 11) is 1.95. The van der Waals surface area contributed by atoms with Gasteiger partial charge in [0.15, 0.2) is 0 Å². The Morgan fingerprint density at radius 1 is 1.33 bits per heavy atom. The van der Waals surface area contributed by atoms with Crippen molar-refractivity contribution in [1.29, 1.82) is 0 Å². The Hall–Kier alpha value is -1.88. The third-order valence-corrected chi connectivity index (χ3v) is 2.64. The molecule has 0 aliphatic carbocycles. The molecule has 0 atom stereocenters. The van der Waals surface area contributed by atoms with Crippen LogP contribution >= 0.6 is 0 Å². The minimum absolute atomic E-state index is 0.456. The number of aromatic nitrogens is 3. The molecule has 0 spiro atoms. The Morgan fingerprint density at radius 3 is 2.83 bits per heavy atom. The highest BCUT2D eigenvalue weighted by atomic mass is 16.5. The molecular weight excluding hydrogens is 228 g/mol. The van der Waals surface area contributed by atoms with Crippen molar-refractivity contribution in [3.05, 3.63) is 42.2 Å². The van der Waals surface area contributed by atoms with E-state index in [1.54, 1.807) is 12.4 Å². The lowest BCUT2D eigenvalue weighted by Crippen LogP contribution is -2.12. The summed E-state index contributed by atoms with van der Waals surface area (Å²) in [5.74, 6) is 1.66. The summed E-state index contributed by atoms with van der Waals surface area (Å²) in [6, 6.07) is 3.90. The third-order valence-electron chi connectivity index (χ3n) is 2.64. The number of rotatable bonds is 6. The van der Waals surface area contributed by atoms with Gasteiger partial charge in [-0.25, -0.2) is 4.98 Å². The molecule has 2 rings (SSSR count). The minimum atomic E-state index is 0.456. The standard InChI is InChI=1S/C13H18N4O/c1-3-14-8-11-4-5-12(9-16-11)18-10-13-15-6-7-17(13)2/h4-7,9,14H,3,8,10H2,1-2H3. The fraction of sp³-hybridized carbons (Fsp3) is 0.385. The van der Waals surface area contributed by atoms with E-state index in [1.165, 1.54) is 0 Å². The maximum absolute atomic E-state index is 5.62. The van der Waals surface area contributed by atoms with E-state index in [0.29, 0.717) is 6.61 Å². The summed E-state index contributed by atoms with van der Waals surface area (Å²) in [4.78, 5) is 8.52. The molecule has 2 aromatic heterocycles. The van der Waals surface area contributed by atoms with Gasteiger partial charge in [0, 0.05) is 26.0 Å². The van der Waals surface area contributed by atoms with Gasteiger partial charge in [-0.15, -0.1) is 0 Å². The van der Waals surface area contributed by atoms with Crippen LogP contribution in [0.2, 0.25) is 0 Å². The van der Waals surface area contributed by atoms with Crippen LogP contribution in [0.4, 0.5) is 0 Å². The third kappa shape index (κ3) is 3.30. The van der Waals surface area contributed by atoms with Crippen molar-refractivity contribution in [2.45, 2.75) is 20.1 Å². The molecule has 0 saturated heterocycles.